The predicted molar refractivity (Wildman–Crippen MR) is 105 cm³/mol. The number of piperazine rings is 1. The van der Waals surface area contributed by atoms with Crippen molar-refractivity contribution in [3.63, 3.8) is 0 Å². The molecule has 2 saturated heterocycles. The third-order valence-electron chi connectivity index (χ3n) is 5.17. The largest absolute Gasteiger partial charge is 0.506 e. The second kappa shape index (κ2) is 8.54. The minimum Gasteiger partial charge on any atom is -0.506 e. The fourth-order valence-electron chi connectivity index (χ4n) is 3.41. The summed E-state index contributed by atoms with van der Waals surface area (Å²) in [7, 11) is 0. The number of rotatable bonds is 5. The van der Waals surface area contributed by atoms with Crippen LogP contribution in [0.5, 0.6) is 5.75 Å². The van der Waals surface area contributed by atoms with E-state index < -0.39 is 0 Å². The van der Waals surface area contributed by atoms with Crippen molar-refractivity contribution < 1.29 is 14.7 Å². The van der Waals surface area contributed by atoms with Crippen LogP contribution in [-0.4, -0.2) is 83.5 Å². The second-order valence-corrected chi connectivity index (χ2v) is 7.67. The number of hydrogen-bond donors (Lipinski definition) is 2. The third kappa shape index (κ3) is 4.59. The average molecular weight is 415 g/mol. The Balaban J connectivity index is 1.43. The lowest BCUT2D eigenvalue weighted by Gasteiger charge is -2.48. The van der Waals surface area contributed by atoms with E-state index in [4.69, 9.17) is 23.2 Å². The van der Waals surface area contributed by atoms with Gasteiger partial charge in [0, 0.05) is 57.8 Å². The van der Waals surface area contributed by atoms with Gasteiger partial charge in [0.1, 0.15) is 5.75 Å². The van der Waals surface area contributed by atoms with E-state index in [1.807, 2.05) is 16.7 Å². The Morgan fingerprint density at radius 1 is 1.07 bits per heavy atom. The summed E-state index contributed by atoms with van der Waals surface area (Å²) in [5, 5.41) is 13.4. The maximum Gasteiger partial charge on any atom is 0.241 e. The first-order chi connectivity index (χ1) is 12.9. The lowest BCUT2D eigenvalue weighted by molar-refractivity contribution is -0.139. The van der Waals surface area contributed by atoms with Gasteiger partial charge in [-0.25, -0.2) is 0 Å². The van der Waals surface area contributed by atoms with Gasteiger partial charge in [0.2, 0.25) is 11.8 Å². The molecule has 0 bridgehead atoms. The maximum absolute atomic E-state index is 12.4. The number of phenols is 1. The van der Waals surface area contributed by atoms with Crippen molar-refractivity contribution in [1.29, 1.82) is 0 Å². The monoisotopic (exact) mass is 414 g/mol. The van der Waals surface area contributed by atoms with E-state index in [-0.39, 0.29) is 29.1 Å². The van der Waals surface area contributed by atoms with Crippen molar-refractivity contribution in [2.24, 2.45) is 0 Å². The zero-order valence-electron chi connectivity index (χ0n) is 15.3. The predicted octanol–water partition coefficient (Wildman–Crippen LogP) is 1.88. The van der Waals surface area contributed by atoms with E-state index in [0.717, 1.165) is 26.2 Å². The van der Waals surface area contributed by atoms with Crippen LogP contribution in [0.1, 0.15) is 13.3 Å². The number of nitrogens with one attached hydrogen (secondary N) is 1. The molecule has 0 unspecified atom stereocenters. The fourth-order valence-corrected chi connectivity index (χ4v) is 3.73. The van der Waals surface area contributed by atoms with Crippen LogP contribution in [0.4, 0.5) is 5.69 Å². The Morgan fingerprint density at radius 2 is 1.70 bits per heavy atom. The first-order valence-electron chi connectivity index (χ1n) is 9.10. The molecular weight excluding hydrogens is 391 g/mol. The van der Waals surface area contributed by atoms with E-state index in [2.05, 4.69) is 10.2 Å². The van der Waals surface area contributed by atoms with Crippen LogP contribution in [0.2, 0.25) is 10.0 Å². The minimum atomic E-state index is -0.0433. The van der Waals surface area contributed by atoms with Crippen molar-refractivity contribution >= 4 is 40.7 Å². The van der Waals surface area contributed by atoms with E-state index >= 15 is 0 Å². The van der Waals surface area contributed by atoms with Crippen molar-refractivity contribution in [2.45, 2.75) is 19.4 Å². The van der Waals surface area contributed by atoms with Crippen LogP contribution in [0.15, 0.2) is 12.1 Å². The van der Waals surface area contributed by atoms with E-state index in [0.29, 0.717) is 36.3 Å². The lowest BCUT2D eigenvalue weighted by Crippen LogP contribution is -2.64. The summed E-state index contributed by atoms with van der Waals surface area (Å²) in [5.74, 6) is 0.131. The molecule has 1 aromatic carbocycles. The molecule has 3 rings (SSSR count). The highest BCUT2D eigenvalue weighted by Crippen LogP contribution is 2.33. The molecule has 2 aliphatic heterocycles. The highest BCUT2D eigenvalue weighted by Gasteiger charge is 2.35. The summed E-state index contributed by atoms with van der Waals surface area (Å²) >= 11 is 11.8. The summed E-state index contributed by atoms with van der Waals surface area (Å²) in [6.07, 6.45) is 0.552. The number of anilines is 1. The number of phenolic OH excluding ortho intramolecular Hbond substituents is 1. The molecule has 2 heterocycles. The Hall–Kier alpha value is -1.70. The molecule has 2 fully saturated rings. The van der Waals surface area contributed by atoms with Gasteiger partial charge in [-0.1, -0.05) is 30.1 Å². The van der Waals surface area contributed by atoms with Gasteiger partial charge in [-0.2, -0.15) is 0 Å². The van der Waals surface area contributed by atoms with E-state index in [1.54, 1.807) is 0 Å². The molecule has 0 spiro atoms. The number of carbonyl (C=O) groups is 2. The topological polar surface area (TPSA) is 76.1 Å². The number of hydrogen-bond acceptors (Lipinski definition) is 5. The molecule has 0 aliphatic carbocycles. The van der Waals surface area contributed by atoms with Gasteiger partial charge in [0.15, 0.2) is 0 Å². The number of likely N-dealkylation sites (tertiary alicyclic amines) is 1. The molecule has 2 amide bonds. The molecule has 7 nitrogen and oxygen atoms in total. The van der Waals surface area contributed by atoms with Gasteiger partial charge in [-0.3, -0.25) is 14.5 Å². The molecule has 2 N–H and O–H groups in total. The lowest BCUT2D eigenvalue weighted by atomic mass is 10.1. The second-order valence-electron chi connectivity index (χ2n) is 6.86. The molecule has 0 saturated carbocycles. The summed E-state index contributed by atoms with van der Waals surface area (Å²) < 4.78 is 0. The SMILES string of the molecule is CCC(=O)N1CC(N2CCN(C(=O)CNc3cc(Cl)c(Cl)cc3O)CC2)C1. The Bertz CT molecular complexity index is 717. The first kappa shape index (κ1) is 20.0. The Kier molecular flexibility index (Phi) is 6.34. The van der Waals surface area contributed by atoms with Gasteiger partial charge in [-0.05, 0) is 6.07 Å². The molecule has 2 aliphatic rings. The molecule has 0 radical (unpaired) electrons. The number of nitrogens with zero attached hydrogens (tertiary/aromatic N) is 3. The van der Waals surface area contributed by atoms with Crippen LogP contribution < -0.4 is 5.32 Å². The van der Waals surface area contributed by atoms with Crippen LogP contribution >= 0.6 is 23.2 Å². The fraction of sp³-hybridized carbons (Fsp3) is 0.556. The van der Waals surface area contributed by atoms with Crippen molar-refractivity contribution in [3.8, 4) is 5.75 Å². The summed E-state index contributed by atoms with van der Waals surface area (Å²) in [6, 6.07) is 3.26. The quantitative estimate of drug-likeness (QED) is 0.719. The normalized spacial score (nSPS) is 18.3. The van der Waals surface area contributed by atoms with Crippen LogP contribution in [0, 0.1) is 0 Å². The number of halogens is 2. The van der Waals surface area contributed by atoms with Crippen LogP contribution in [0.3, 0.4) is 0 Å². The highest BCUT2D eigenvalue weighted by molar-refractivity contribution is 6.42. The van der Waals surface area contributed by atoms with Crippen LogP contribution in [-0.2, 0) is 9.59 Å². The van der Waals surface area contributed by atoms with Crippen LogP contribution in [0.25, 0.3) is 0 Å². The molecule has 1 aromatic rings. The molecule has 9 heteroatoms. The number of aromatic hydroxyl groups is 1. The van der Waals surface area contributed by atoms with Gasteiger partial charge in [-0.15, -0.1) is 0 Å². The average Bonchev–Trinajstić information content (AvgIpc) is 2.62. The van der Waals surface area contributed by atoms with Crippen molar-refractivity contribution in [2.75, 3.05) is 51.1 Å². The smallest absolute Gasteiger partial charge is 0.241 e. The summed E-state index contributed by atoms with van der Waals surface area (Å²) in [4.78, 5) is 30.1. The maximum atomic E-state index is 12.4. The van der Waals surface area contributed by atoms with E-state index in [9.17, 15) is 14.7 Å². The third-order valence-corrected chi connectivity index (χ3v) is 5.89. The zero-order chi connectivity index (χ0) is 19.6. The van der Waals surface area contributed by atoms with Crippen molar-refractivity contribution in [1.82, 2.24) is 14.7 Å². The standard InChI is InChI=1S/C18H24Cl2N4O3/c1-2-17(26)24-10-12(11-24)22-3-5-23(6-4-22)18(27)9-21-15-7-13(19)14(20)8-16(15)25/h7-8,12,21,25H,2-6,9-11H2,1H3. The molecule has 148 valence electrons. The van der Waals surface area contributed by atoms with Crippen molar-refractivity contribution in [3.05, 3.63) is 22.2 Å². The van der Waals surface area contributed by atoms with Gasteiger partial charge in [0.25, 0.3) is 0 Å². The number of carbonyl (C=O) groups excluding carboxylic acids is 2. The molecular formula is C18H24Cl2N4O3. The zero-order valence-corrected chi connectivity index (χ0v) is 16.8. The highest BCUT2D eigenvalue weighted by atomic mass is 35.5. The summed E-state index contributed by atoms with van der Waals surface area (Å²) in [5.41, 5.74) is 0.381. The van der Waals surface area contributed by atoms with E-state index in [1.165, 1.54) is 12.1 Å². The molecule has 0 aromatic heterocycles. The Morgan fingerprint density at radius 3 is 2.33 bits per heavy atom. The van der Waals surface area contributed by atoms with Gasteiger partial charge in [0.05, 0.1) is 22.3 Å². The minimum absolute atomic E-state index is 0.0310. The molecule has 0 atom stereocenters. The van der Waals surface area contributed by atoms with Gasteiger partial charge < -0.3 is 20.2 Å². The number of amides is 2. The number of benzene rings is 1. The summed E-state index contributed by atoms with van der Waals surface area (Å²) in [6.45, 7) is 6.47. The Labute approximate surface area is 168 Å². The first-order valence-corrected chi connectivity index (χ1v) is 9.86. The van der Waals surface area contributed by atoms with Gasteiger partial charge >= 0.3 is 0 Å². The molecule has 27 heavy (non-hydrogen) atoms.